The fourth-order valence-electron chi connectivity index (χ4n) is 2.26. The van der Waals surface area contributed by atoms with Crippen molar-refractivity contribution >= 4 is 17.3 Å². The predicted molar refractivity (Wildman–Crippen MR) is 79.5 cm³/mol. The van der Waals surface area contributed by atoms with Crippen LogP contribution in [0, 0.1) is 13.8 Å². The summed E-state index contributed by atoms with van der Waals surface area (Å²) >= 11 is 0. The lowest BCUT2D eigenvalue weighted by molar-refractivity contribution is 0.0992. The number of anilines is 2. The molecular formula is C16H18N2O. The molecule has 0 heterocycles. The standard InChI is InChI=1S/C16H18N2O/c1-11-5-4-6-12(2)15(11)18(3)16(19)13-7-9-14(17)10-8-13/h4-10H,17H2,1-3H3. The average molecular weight is 254 g/mol. The van der Waals surface area contributed by atoms with Crippen molar-refractivity contribution in [3.05, 3.63) is 59.2 Å². The van der Waals surface area contributed by atoms with Crippen molar-refractivity contribution in [2.24, 2.45) is 0 Å². The lowest BCUT2D eigenvalue weighted by Gasteiger charge is -2.22. The van der Waals surface area contributed by atoms with Gasteiger partial charge in [0, 0.05) is 24.0 Å². The zero-order valence-corrected chi connectivity index (χ0v) is 11.5. The topological polar surface area (TPSA) is 46.3 Å². The fraction of sp³-hybridized carbons (Fsp3) is 0.188. The van der Waals surface area contributed by atoms with Crippen LogP contribution in [0.25, 0.3) is 0 Å². The molecule has 3 nitrogen and oxygen atoms in total. The van der Waals surface area contributed by atoms with Gasteiger partial charge in [-0.15, -0.1) is 0 Å². The van der Waals surface area contributed by atoms with E-state index in [9.17, 15) is 4.79 Å². The van der Waals surface area contributed by atoms with Gasteiger partial charge in [-0.25, -0.2) is 0 Å². The largest absolute Gasteiger partial charge is 0.399 e. The molecule has 0 saturated carbocycles. The Balaban J connectivity index is 2.36. The van der Waals surface area contributed by atoms with Crippen LogP contribution in [0.5, 0.6) is 0 Å². The number of amides is 1. The molecule has 1 amide bonds. The molecule has 2 aromatic rings. The van der Waals surface area contributed by atoms with Gasteiger partial charge >= 0.3 is 0 Å². The van der Waals surface area contributed by atoms with Gasteiger partial charge in [0.15, 0.2) is 0 Å². The van der Waals surface area contributed by atoms with Crippen molar-refractivity contribution in [3.63, 3.8) is 0 Å². The van der Waals surface area contributed by atoms with Crippen LogP contribution in [0.4, 0.5) is 11.4 Å². The molecule has 0 atom stereocenters. The van der Waals surface area contributed by atoms with Crippen LogP contribution in [0.2, 0.25) is 0 Å². The van der Waals surface area contributed by atoms with E-state index in [0.717, 1.165) is 16.8 Å². The first-order valence-electron chi connectivity index (χ1n) is 6.20. The lowest BCUT2D eigenvalue weighted by Crippen LogP contribution is -2.27. The number of carbonyl (C=O) groups excluding carboxylic acids is 1. The van der Waals surface area contributed by atoms with E-state index in [-0.39, 0.29) is 5.91 Å². The average Bonchev–Trinajstić information content (AvgIpc) is 2.38. The molecule has 0 aliphatic rings. The van der Waals surface area contributed by atoms with E-state index in [4.69, 9.17) is 5.73 Å². The molecule has 2 N–H and O–H groups in total. The van der Waals surface area contributed by atoms with Gasteiger partial charge in [-0.3, -0.25) is 4.79 Å². The lowest BCUT2D eigenvalue weighted by atomic mass is 10.1. The Morgan fingerprint density at radius 1 is 1.00 bits per heavy atom. The van der Waals surface area contributed by atoms with Crippen molar-refractivity contribution in [1.29, 1.82) is 0 Å². The van der Waals surface area contributed by atoms with Crippen LogP contribution in [-0.2, 0) is 0 Å². The summed E-state index contributed by atoms with van der Waals surface area (Å²) in [5.74, 6) is -0.0302. The van der Waals surface area contributed by atoms with E-state index < -0.39 is 0 Å². The van der Waals surface area contributed by atoms with Gasteiger partial charge in [0.05, 0.1) is 0 Å². The van der Waals surface area contributed by atoms with E-state index in [2.05, 4.69) is 0 Å². The first kappa shape index (κ1) is 13.1. The van der Waals surface area contributed by atoms with Gasteiger partial charge < -0.3 is 10.6 Å². The van der Waals surface area contributed by atoms with Crippen LogP contribution in [0.3, 0.4) is 0 Å². The quantitative estimate of drug-likeness (QED) is 0.837. The maximum absolute atomic E-state index is 12.4. The van der Waals surface area contributed by atoms with Crippen molar-refractivity contribution in [1.82, 2.24) is 0 Å². The summed E-state index contributed by atoms with van der Waals surface area (Å²) in [6.07, 6.45) is 0. The second-order valence-electron chi connectivity index (χ2n) is 4.73. The highest BCUT2D eigenvalue weighted by atomic mass is 16.2. The van der Waals surface area contributed by atoms with Crippen molar-refractivity contribution in [3.8, 4) is 0 Å². The van der Waals surface area contributed by atoms with Gasteiger partial charge in [0.25, 0.3) is 5.91 Å². The van der Waals surface area contributed by atoms with Gasteiger partial charge in [0.2, 0.25) is 0 Å². The summed E-state index contributed by atoms with van der Waals surface area (Å²) in [5, 5.41) is 0. The monoisotopic (exact) mass is 254 g/mol. The third-order valence-electron chi connectivity index (χ3n) is 3.24. The molecule has 19 heavy (non-hydrogen) atoms. The summed E-state index contributed by atoms with van der Waals surface area (Å²) in [6.45, 7) is 4.02. The van der Waals surface area contributed by atoms with Gasteiger partial charge in [-0.05, 0) is 49.2 Å². The minimum absolute atomic E-state index is 0.0302. The van der Waals surface area contributed by atoms with E-state index in [1.807, 2.05) is 32.0 Å². The first-order valence-corrected chi connectivity index (χ1v) is 6.20. The first-order chi connectivity index (χ1) is 9.00. The highest BCUT2D eigenvalue weighted by Gasteiger charge is 2.16. The second-order valence-corrected chi connectivity index (χ2v) is 4.73. The molecule has 2 aromatic carbocycles. The molecule has 0 unspecified atom stereocenters. The number of benzene rings is 2. The minimum atomic E-state index is -0.0302. The Kier molecular flexibility index (Phi) is 3.56. The molecule has 0 fully saturated rings. The van der Waals surface area contributed by atoms with Gasteiger partial charge in [0.1, 0.15) is 0 Å². The number of nitrogen functional groups attached to an aromatic ring is 1. The van der Waals surface area contributed by atoms with E-state index in [0.29, 0.717) is 11.3 Å². The normalized spacial score (nSPS) is 10.3. The molecule has 0 aliphatic carbocycles. The summed E-state index contributed by atoms with van der Waals surface area (Å²) in [7, 11) is 1.80. The zero-order chi connectivity index (χ0) is 14.0. The summed E-state index contributed by atoms with van der Waals surface area (Å²) < 4.78 is 0. The van der Waals surface area contributed by atoms with Crippen molar-refractivity contribution in [2.45, 2.75) is 13.8 Å². The smallest absolute Gasteiger partial charge is 0.258 e. The zero-order valence-electron chi connectivity index (χ0n) is 11.5. The number of aryl methyl sites for hydroxylation is 2. The summed E-state index contributed by atoms with van der Waals surface area (Å²) in [4.78, 5) is 14.1. The van der Waals surface area contributed by atoms with Crippen LogP contribution < -0.4 is 10.6 Å². The van der Waals surface area contributed by atoms with Crippen LogP contribution >= 0.6 is 0 Å². The Labute approximate surface area is 113 Å². The van der Waals surface area contributed by atoms with Crippen LogP contribution in [-0.4, -0.2) is 13.0 Å². The Hall–Kier alpha value is -2.29. The highest BCUT2D eigenvalue weighted by molar-refractivity contribution is 6.06. The molecular weight excluding hydrogens is 236 g/mol. The Bertz CT molecular complexity index is 582. The van der Waals surface area contributed by atoms with Crippen LogP contribution in [0.1, 0.15) is 21.5 Å². The van der Waals surface area contributed by atoms with E-state index >= 15 is 0 Å². The molecule has 0 bridgehead atoms. The van der Waals surface area contributed by atoms with Crippen LogP contribution in [0.15, 0.2) is 42.5 Å². The maximum atomic E-state index is 12.4. The molecule has 2 rings (SSSR count). The molecule has 0 radical (unpaired) electrons. The number of nitrogens with zero attached hydrogens (tertiary/aromatic N) is 1. The highest BCUT2D eigenvalue weighted by Crippen LogP contribution is 2.24. The summed E-state index contributed by atoms with van der Waals surface area (Å²) in [5.41, 5.74) is 10.1. The number of nitrogens with two attached hydrogens (primary N) is 1. The molecule has 98 valence electrons. The Morgan fingerprint density at radius 2 is 1.53 bits per heavy atom. The second kappa shape index (κ2) is 5.14. The van der Waals surface area contributed by atoms with E-state index in [1.54, 1.807) is 36.2 Å². The number of para-hydroxylation sites is 1. The van der Waals surface area contributed by atoms with E-state index in [1.165, 1.54) is 0 Å². The minimum Gasteiger partial charge on any atom is -0.399 e. The molecule has 0 saturated heterocycles. The predicted octanol–water partition coefficient (Wildman–Crippen LogP) is 3.16. The number of hydrogen-bond acceptors (Lipinski definition) is 2. The fourth-order valence-corrected chi connectivity index (χ4v) is 2.26. The molecule has 0 spiro atoms. The number of hydrogen-bond donors (Lipinski definition) is 1. The Morgan fingerprint density at radius 3 is 2.05 bits per heavy atom. The molecule has 0 aliphatic heterocycles. The van der Waals surface area contributed by atoms with Crippen molar-refractivity contribution in [2.75, 3.05) is 17.7 Å². The van der Waals surface area contributed by atoms with Crippen molar-refractivity contribution < 1.29 is 4.79 Å². The van der Waals surface area contributed by atoms with Gasteiger partial charge in [-0.1, -0.05) is 18.2 Å². The third kappa shape index (κ3) is 2.60. The third-order valence-corrected chi connectivity index (χ3v) is 3.24. The summed E-state index contributed by atoms with van der Waals surface area (Å²) in [6, 6.07) is 13.0. The number of rotatable bonds is 2. The van der Waals surface area contributed by atoms with Gasteiger partial charge in [-0.2, -0.15) is 0 Å². The molecule has 0 aromatic heterocycles. The maximum Gasteiger partial charge on any atom is 0.258 e. The number of carbonyl (C=O) groups is 1. The SMILES string of the molecule is Cc1cccc(C)c1N(C)C(=O)c1ccc(N)cc1. The molecule has 3 heteroatoms.